The topological polar surface area (TPSA) is 88.9 Å². The minimum atomic E-state index is -0.116. The molecule has 3 rings (SSSR count). The Morgan fingerprint density at radius 3 is 2.71 bits per heavy atom. The van der Waals surface area contributed by atoms with Gasteiger partial charge in [0, 0.05) is 30.8 Å². The number of carbonyl (C=O) groups excluding carboxylic acids is 2. The van der Waals surface area contributed by atoms with E-state index in [0.717, 1.165) is 35.1 Å². The first kappa shape index (κ1) is 20.4. The summed E-state index contributed by atoms with van der Waals surface area (Å²) in [5.41, 5.74) is 1.59. The van der Waals surface area contributed by atoms with Gasteiger partial charge in [-0.05, 0) is 31.9 Å². The van der Waals surface area contributed by atoms with Crippen molar-refractivity contribution in [3.63, 3.8) is 0 Å². The van der Waals surface area contributed by atoms with Gasteiger partial charge in [0.1, 0.15) is 0 Å². The van der Waals surface area contributed by atoms with E-state index in [1.165, 1.54) is 37.9 Å². The van der Waals surface area contributed by atoms with Crippen LogP contribution in [0.3, 0.4) is 0 Å². The number of nitrogens with zero attached hydrogens (tertiary/aromatic N) is 3. The van der Waals surface area contributed by atoms with E-state index in [0.29, 0.717) is 18.3 Å². The van der Waals surface area contributed by atoms with Crippen LogP contribution in [0.1, 0.15) is 46.0 Å². The zero-order chi connectivity index (χ0) is 19.9. The Morgan fingerprint density at radius 1 is 1.21 bits per heavy atom. The summed E-state index contributed by atoms with van der Waals surface area (Å²) < 4.78 is 1.99. The summed E-state index contributed by atoms with van der Waals surface area (Å²) in [5, 5.41) is 15.2. The molecule has 0 bridgehead atoms. The fraction of sp³-hybridized carbons (Fsp3) is 0.500. The zero-order valence-electron chi connectivity index (χ0n) is 16.4. The molecule has 0 saturated heterocycles. The highest BCUT2D eigenvalue weighted by Gasteiger charge is 2.18. The molecule has 7 nitrogen and oxygen atoms in total. The van der Waals surface area contributed by atoms with Crippen molar-refractivity contribution in [1.29, 1.82) is 0 Å². The lowest BCUT2D eigenvalue weighted by atomic mass is 9.95. The van der Waals surface area contributed by atoms with Gasteiger partial charge in [-0.3, -0.25) is 9.59 Å². The van der Waals surface area contributed by atoms with Gasteiger partial charge in [0.2, 0.25) is 11.8 Å². The highest BCUT2D eigenvalue weighted by atomic mass is 32.2. The summed E-state index contributed by atoms with van der Waals surface area (Å²) in [5.74, 6) is 0.997. The van der Waals surface area contributed by atoms with E-state index >= 15 is 0 Å². The van der Waals surface area contributed by atoms with Crippen LogP contribution in [0.2, 0.25) is 0 Å². The lowest BCUT2D eigenvalue weighted by Gasteiger charge is -2.22. The molecule has 1 aliphatic carbocycles. The highest BCUT2D eigenvalue weighted by molar-refractivity contribution is 7.99. The number of rotatable bonds is 7. The van der Waals surface area contributed by atoms with Crippen molar-refractivity contribution in [3.05, 3.63) is 24.3 Å². The molecule has 2 amide bonds. The van der Waals surface area contributed by atoms with E-state index in [4.69, 9.17) is 0 Å². The van der Waals surface area contributed by atoms with Gasteiger partial charge in [0.05, 0.1) is 5.75 Å². The quantitative estimate of drug-likeness (QED) is 0.694. The molecule has 0 atom stereocenters. The van der Waals surface area contributed by atoms with Gasteiger partial charge in [0.25, 0.3) is 0 Å². The number of carbonyl (C=O) groups is 2. The average Bonchev–Trinajstić information content (AvgIpc) is 3.10. The van der Waals surface area contributed by atoms with E-state index in [1.54, 1.807) is 0 Å². The number of anilines is 1. The second-order valence-electron chi connectivity index (χ2n) is 7.00. The van der Waals surface area contributed by atoms with E-state index in [1.807, 2.05) is 35.8 Å². The molecule has 150 valence electrons. The number of hydrogen-bond donors (Lipinski definition) is 2. The summed E-state index contributed by atoms with van der Waals surface area (Å²) >= 11 is 1.41. The molecular formula is C20H27N5O2S. The van der Waals surface area contributed by atoms with Crippen LogP contribution in [0.25, 0.3) is 11.4 Å². The first-order valence-electron chi connectivity index (χ1n) is 9.80. The van der Waals surface area contributed by atoms with E-state index in [-0.39, 0.29) is 11.8 Å². The molecule has 8 heteroatoms. The molecule has 1 aromatic heterocycles. The van der Waals surface area contributed by atoms with E-state index < -0.39 is 0 Å². The normalized spacial score (nSPS) is 14.6. The molecule has 2 N–H and O–H groups in total. The first-order chi connectivity index (χ1) is 13.6. The molecule has 2 aromatic rings. The Morgan fingerprint density at radius 2 is 2.00 bits per heavy atom. The zero-order valence-corrected chi connectivity index (χ0v) is 17.2. The summed E-state index contributed by atoms with van der Waals surface area (Å²) in [6.45, 7) is 4.20. The molecule has 1 fully saturated rings. The monoisotopic (exact) mass is 401 g/mol. The number of amides is 2. The third kappa shape index (κ3) is 5.34. The Labute approximate surface area is 169 Å². The van der Waals surface area contributed by atoms with Crippen LogP contribution >= 0.6 is 11.8 Å². The van der Waals surface area contributed by atoms with Gasteiger partial charge in [-0.15, -0.1) is 10.2 Å². The van der Waals surface area contributed by atoms with Gasteiger partial charge in [-0.25, -0.2) is 0 Å². The molecule has 28 heavy (non-hydrogen) atoms. The smallest absolute Gasteiger partial charge is 0.230 e. The second kappa shape index (κ2) is 9.73. The standard InChI is InChI=1S/C20H27N5O2S/c1-3-25-19(15-8-7-11-17(12-15)21-14(2)26)23-24-20(25)28-13-18(27)22-16-9-5-4-6-10-16/h7-8,11-12,16H,3-6,9-10,13H2,1-2H3,(H,21,26)(H,22,27). The fourth-order valence-corrected chi connectivity index (χ4v) is 4.29. The predicted molar refractivity (Wildman–Crippen MR) is 111 cm³/mol. The number of aromatic nitrogens is 3. The van der Waals surface area contributed by atoms with Crippen molar-refractivity contribution in [2.75, 3.05) is 11.1 Å². The van der Waals surface area contributed by atoms with Crippen molar-refractivity contribution in [1.82, 2.24) is 20.1 Å². The van der Waals surface area contributed by atoms with Crippen LogP contribution in [0, 0.1) is 0 Å². The van der Waals surface area contributed by atoms with Crippen LogP contribution < -0.4 is 10.6 Å². The number of hydrogen-bond acceptors (Lipinski definition) is 5. The largest absolute Gasteiger partial charge is 0.353 e. The lowest BCUT2D eigenvalue weighted by Crippen LogP contribution is -2.37. The third-order valence-corrected chi connectivity index (χ3v) is 5.74. The van der Waals surface area contributed by atoms with E-state index in [2.05, 4.69) is 20.8 Å². The van der Waals surface area contributed by atoms with Crippen molar-refractivity contribution in [2.45, 2.75) is 63.7 Å². The van der Waals surface area contributed by atoms with E-state index in [9.17, 15) is 9.59 Å². The minimum Gasteiger partial charge on any atom is -0.353 e. The van der Waals surface area contributed by atoms with Crippen LogP contribution in [0.4, 0.5) is 5.69 Å². The van der Waals surface area contributed by atoms with Gasteiger partial charge >= 0.3 is 0 Å². The highest BCUT2D eigenvalue weighted by Crippen LogP contribution is 2.26. The molecule has 0 radical (unpaired) electrons. The van der Waals surface area contributed by atoms with Crippen molar-refractivity contribution in [3.8, 4) is 11.4 Å². The molecular weight excluding hydrogens is 374 g/mol. The summed E-state index contributed by atoms with van der Waals surface area (Å²) in [7, 11) is 0. The number of nitrogens with one attached hydrogen (secondary N) is 2. The maximum atomic E-state index is 12.3. The van der Waals surface area contributed by atoms with Crippen LogP contribution in [0.15, 0.2) is 29.4 Å². The molecule has 0 aliphatic heterocycles. The first-order valence-corrected chi connectivity index (χ1v) is 10.8. The molecule has 0 spiro atoms. The van der Waals surface area contributed by atoms with Gasteiger partial charge in [0.15, 0.2) is 11.0 Å². The van der Waals surface area contributed by atoms with Crippen LogP contribution in [-0.4, -0.2) is 38.4 Å². The van der Waals surface area contributed by atoms with Crippen LogP contribution in [0.5, 0.6) is 0 Å². The maximum Gasteiger partial charge on any atom is 0.230 e. The molecule has 1 aromatic carbocycles. The Kier molecular flexibility index (Phi) is 7.08. The van der Waals surface area contributed by atoms with Crippen LogP contribution in [-0.2, 0) is 16.1 Å². The Hall–Kier alpha value is -2.35. The summed E-state index contributed by atoms with van der Waals surface area (Å²) in [6.07, 6.45) is 5.83. The minimum absolute atomic E-state index is 0.0526. The molecule has 1 aliphatic rings. The fourth-order valence-electron chi connectivity index (χ4n) is 3.48. The van der Waals surface area contributed by atoms with Crippen molar-refractivity contribution >= 4 is 29.3 Å². The predicted octanol–water partition coefficient (Wildman–Crippen LogP) is 3.46. The Bertz CT molecular complexity index is 830. The molecule has 1 saturated carbocycles. The third-order valence-electron chi connectivity index (χ3n) is 4.78. The lowest BCUT2D eigenvalue weighted by molar-refractivity contribution is -0.119. The van der Waals surface area contributed by atoms with Gasteiger partial charge in [-0.2, -0.15) is 0 Å². The second-order valence-corrected chi connectivity index (χ2v) is 7.95. The number of benzene rings is 1. The average molecular weight is 402 g/mol. The molecule has 1 heterocycles. The van der Waals surface area contributed by atoms with Gasteiger partial charge in [-0.1, -0.05) is 43.2 Å². The molecule has 0 unspecified atom stereocenters. The van der Waals surface area contributed by atoms with Gasteiger partial charge < -0.3 is 15.2 Å². The van der Waals surface area contributed by atoms with Crippen molar-refractivity contribution in [2.24, 2.45) is 0 Å². The number of thioether (sulfide) groups is 1. The Balaban J connectivity index is 1.66. The SMILES string of the molecule is CCn1c(SCC(=O)NC2CCCCC2)nnc1-c1cccc(NC(C)=O)c1. The summed E-state index contributed by atoms with van der Waals surface area (Å²) in [6, 6.07) is 7.84. The van der Waals surface area contributed by atoms with Crippen molar-refractivity contribution < 1.29 is 9.59 Å². The maximum absolute atomic E-state index is 12.3. The summed E-state index contributed by atoms with van der Waals surface area (Å²) in [4.78, 5) is 23.6.